The lowest BCUT2D eigenvalue weighted by atomic mass is 10.1. The van der Waals surface area contributed by atoms with E-state index in [9.17, 15) is 18.0 Å². The molecule has 1 N–H and O–H groups in total. The number of carbonyl (C=O) groups excluding carboxylic acids is 2. The smallest absolute Gasteiger partial charge is 0.274 e. The van der Waals surface area contributed by atoms with Crippen molar-refractivity contribution in [2.45, 2.75) is 24.2 Å². The summed E-state index contributed by atoms with van der Waals surface area (Å²) in [6, 6.07) is 9.30. The van der Waals surface area contributed by atoms with Gasteiger partial charge in [0.25, 0.3) is 15.9 Å². The minimum Gasteiger partial charge on any atom is -0.481 e. The van der Waals surface area contributed by atoms with Gasteiger partial charge in [-0.1, -0.05) is 12.1 Å². The number of Topliss-reactive ketones (excluding diaryl/α,β-unsaturated/α-hetero) is 1. The first-order valence-electron chi connectivity index (χ1n) is 6.78. The summed E-state index contributed by atoms with van der Waals surface area (Å²) in [6.07, 6.45) is -1.05. The number of hydrogen-bond donors (Lipinski definition) is 1. The first-order chi connectivity index (χ1) is 11.2. The molecule has 0 fully saturated rings. The topological polar surface area (TPSA) is 89.5 Å². The first-order valence-corrected chi connectivity index (χ1v) is 9.88. The number of ketones is 1. The fourth-order valence-electron chi connectivity index (χ4n) is 1.75. The molecule has 1 heterocycles. The minimum absolute atomic E-state index is 0.0218. The van der Waals surface area contributed by atoms with Crippen molar-refractivity contribution in [3.05, 3.63) is 45.7 Å². The molecule has 1 amide bonds. The molecule has 6 nitrogen and oxygen atoms in total. The molecule has 0 unspecified atom stereocenters. The molecule has 1 aromatic heterocycles. The van der Waals surface area contributed by atoms with E-state index < -0.39 is 22.0 Å². The predicted octanol–water partition coefficient (Wildman–Crippen LogP) is 2.99. The Hall–Kier alpha value is -1.71. The molecule has 128 valence electrons. The minimum atomic E-state index is -3.94. The molecule has 24 heavy (non-hydrogen) atoms. The second-order valence-electron chi connectivity index (χ2n) is 4.87. The maximum Gasteiger partial charge on any atom is 0.274 e. The average Bonchev–Trinajstić information content (AvgIpc) is 2.94. The number of benzene rings is 1. The summed E-state index contributed by atoms with van der Waals surface area (Å²) in [5.74, 6) is -0.627. The van der Waals surface area contributed by atoms with Crippen LogP contribution in [0.1, 0.15) is 24.2 Å². The van der Waals surface area contributed by atoms with Crippen LogP contribution in [0.3, 0.4) is 0 Å². The number of halogens is 1. The van der Waals surface area contributed by atoms with E-state index in [0.29, 0.717) is 15.1 Å². The van der Waals surface area contributed by atoms with Crippen molar-refractivity contribution in [1.29, 1.82) is 0 Å². The second-order valence-corrected chi connectivity index (χ2v) is 9.24. The Kier molecular flexibility index (Phi) is 5.79. The standard InChI is InChI=1S/C15H14BrNO5S2/c1-9(18)11-4-3-5-12(8-11)22-10(2)15(19)17-24(20,21)14-7-6-13(16)23-14/h3-8,10H,1-2H3,(H,17,19)/t10-/m0/s1. The quantitative estimate of drug-likeness (QED) is 0.709. The number of hydrogen-bond acceptors (Lipinski definition) is 6. The highest BCUT2D eigenvalue weighted by Crippen LogP contribution is 2.26. The Balaban J connectivity index is 2.07. The van der Waals surface area contributed by atoms with Crippen LogP contribution >= 0.6 is 27.3 Å². The molecule has 0 spiro atoms. The molecule has 0 aliphatic rings. The molecule has 0 saturated heterocycles. The number of rotatable bonds is 6. The zero-order valence-corrected chi connectivity index (χ0v) is 16.0. The van der Waals surface area contributed by atoms with Gasteiger partial charge in [0.15, 0.2) is 11.9 Å². The molecule has 0 radical (unpaired) electrons. The van der Waals surface area contributed by atoms with Crippen molar-refractivity contribution < 1.29 is 22.7 Å². The molecule has 0 bridgehead atoms. The lowest BCUT2D eigenvalue weighted by molar-refractivity contribution is -0.125. The summed E-state index contributed by atoms with van der Waals surface area (Å²) in [4.78, 5) is 23.4. The lowest BCUT2D eigenvalue weighted by Gasteiger charge is -2.14. The Morgan fingerprint density at radius 1 is 1.25 bits per heavy atom. The normalized spacial score (nSPS) is 12.5. The second kappa shape index (κ2) is 7.45. The van der Waals surface area contributed by atoms with E-state index in [2.05, 4.69) is 15.9 Å². The van der Waals surface area contributed by atoms with Crippen LogP contribution in [0.2, 0.25) is 0 Å². The monoisotopic (exact) mass is 431 g/mol. The van der Waals surface area contributed by atoms with Crippen molar-refractivity contribution in [2.24, 2.45) is 0 Å². The third-order valence-corrected chi connectivity index (χ3v) is 6.43. The molecule has 1 aromatic carbocycles. The van der Waals surface area contributed by atoms with Crippen LogP contribution in [-0.4, -0.2) is 26.2 Å². The number of ether oxygens (including phenoxy) is 1. The van der Waals surface area contributed by atoms with Crippen molar-refractivity contribution in [2.75, 3.05) is 0 Å². The van der Waals surface area contributed by atoms with Crippen LogP contribution in [0, 0.1) is 0 Å². The fraction of sp³-hybridized carbons (Fsp3) is 0.200. The molecule has 9 heteroatoms. The molecule has 2 aromatic rings. The maximum atomic E-state index is 12.1. The first kappa shape index (κ1) is 18.6. The Labute approximate surface area is 152 Å². The van der Waals surface area contributed by atoms with Crippen LogP contribution in [-0.2, 0) is 14.8 Å². The van der Waals surface area contributed by atoms with Gasteiger partial charge in [-0.3, -0.25) is 9.59 Å². The number of amides is 1. The molecular formula is C15H14BrNO5S2. The van der Waals surface area contributed by atoms with Crippen molar-refractivity contribution in [3.8, 4) is 5.75 Å². The Morgan fingerprint density at radius 2 is 1.96 bits per heavy atom. The van der Waals surface area contributed by atoms with E-state index in [1.165, 1.54) is 26.0 Å². The summed E-state index contributed by atoms with van der Waals surface area (Å²) in [7, 11) is -3.94. The molecule has 0 aliphatic carbocycles. The van der Waals surface area contributed by atoms with Crippen molar-refractivity contribution in [3.63, 3.8) is 0 Å². The van der Waals surface area contributed by atoms with Gasteiger partial charge in [0.05, 0.1) is 3.79 Å². The van der Waals surface area contributed by atoms with E-state index in [1.807, 2.05) is 4.72 Å². The summed E-state index contributed by atoms with van der Waals surface area (Å²) in [5, 5.41) is 0. The van der Waals surface area contributed by atoms with Gasteiger partial charge in [0.2, 0.25) is 0 Å². The molecule has 1 atom stereocenters. The SMILES string of the molecule is CC(=O)c1cccc(O[C@@H](C)C(=O)NS(=O)(=O)c2ccc(Br)s2)c1. The predicted molar refractivity (Wildman–Crippen MR) is 93.9 cm³/mol. The van der Waals surface area contributed by atoms with Crippen LogP contribution in [0.5, 0.6) is 5.75 Å². The zero-order chi connectivity index (χ0) is 17.9. The van der Waals surface area contributed by atoms with Crippen molar-refractivity contribution in [1.82, 2.24) is 4.72 Å². The Morgan fingerprint density at radius 3 is 2.54 bits per heavy atom. The number of thiophene rings is 1. The van der Waals surface area contributed by atoms with Crippen LogP contribution < -0.4 is 9.46 Å². The summed E-state index contributed by atoms with van der Waals surface area (Å²) < 4.78 is 32.3. The van der Waals surface area contributed by atoms with E-state index >= 15 is 0 Å². The van der Waals surface area contributed by atoms with E-state index in [4.69, 9.17) is 4.74 Å². The van der Waals surface area contributed by atoms with Gasteiger partial charge in [0.1, 0.15) is 9.96 Å². The van der Waals surface area contributed by atoms with Gasteiger partial charge < -0.3 is 4.74 Å². The van der Waals surface area contributed by atoms with Crippen molar-refractivity contribution >= 4 is 49.0 Å². The maximum absolute atomic E-state index is 12.1. The van der Waals surface area contributed by atoms with Gasteiger partial charge >= 0.3 is 0 Å². The average molecular weight is 432 g/mol. The third kappa shape index (κ3) is 4.65. The van der Waals surface area contributed by atoms with Crippen LogP contribution in [0.25, 0.3) is 0 Å². The molecule has 0 aliphatic heterocycles. The molecular weight excluding hydrogens is 418 g/mol. The highest BCUT2D eigenvalue weighted by Gasteiger charge is 2.24. The largest absolute Gasteiger partial charge is 0.481 e. The van der Waals surface area contributed by atoms with E-state index in [1.54, 1.807) is 24.3 Å². The lowest BCUT2D eigenvalue weighted by Crippen LogP contribution is -2.39. The van der Waals surface area contributed by atoms with Gasteiger partial charge in [-0.25, -0.2) is 13.1 Å². The van der Waals surface area contributed by atoms with Gasteiger partial charge in [0, 0.05) is 5.56 Å². The van der Waals surface area contributed by atoms with Crippen LogP contribution in [0.4, 0.5) is 0 Å². The molecule has 2 rings (SSSR count). The third-order valence-electron chi connectivity index (χ3n) is 2.97. The van der Waals surface area contributed by atoms with Gasteiger partial charge in [-0.2, -0.15) is 0 Å². The number of carbonyl (C=O) groups is 2. The highest BCUT2D eigenvalue weighted by molar-refractivity contribution is 9.11. The summed E-state index contributed by atoms with van der Waals surface area (Å²) in [5.41, 5.74) is 0.441. The van der Waals surface area contributed by atoms with Gasteiger partial charge in [-0.05, 0) is 54.0 Å². The highest BCUT2D eigenvalue weighted by atomic mass is 79.9. The van der Waals surface area contributed by atoms with E-state index in [0.717, 1.165) is 11.3 Å². The number of sulfonamides is 1. The Bertz CT molecular complexity index is 875. The zero-order valence-electron chi connectivity index (χ0n) is 12.8. The van der Waals surface area contributed by atoms with E-state index in [-0.39, 0.29) is 9.99 Å². The number of nitrogens with one attached hydrogen (secondary N) is 1. The summed E-state index contributed by atoms with van der Waals surface area (Å²) in [6.45, 7) is 2.84. The van der Waals surface area contributed by atoms with Crippen LogP contribution in [0.15, 0.2) is 44.4 Å². The van der Waals surface area contributed by atoms with Gasteiger partial charge in [-0.15, -0.1) is 11.3 Å². The molecule has 0 saturated carbocycles. The fourth-order valence-corrected chi connectivity index (χ4v) is 4.81. The summed E-state index contributed by atoms with van der Waals surface area (Å²) >= 11 is 4.16.